The van der Waals surface area contributed by atoms with Gasteiger partial charge in [-0.25, -0.2) is 4.98 Å². The van der Waals surface area contributed by atoms with Gasteiger partial charge in [0.1, 0.15) is 21.4 Å². The molecule has 0 aliphatic rings. The van der Waals surface area contributed by atoms with E-state index in [-0.39, 0.29) is 64.7 Å². The molecule has 0 saturated carbocycles. The predicted octanol–water partition coefficient (Wildman–Crippen LogP) is 6.39. The topological polar surface area (TPSA) is 318 Å². The minimum Gasteiger partial charge on any atom is -0.353 e. The highest BCUT2D eigenvalue weighted by Crippen LogP contribution is 2.34. The van der Waals surface area contributed by atoms with Crippen molar-refractivity contribution in [3.63, 3.8) is 0 Å². The van der Waals surface area contributed by atoms with Gasteiger partial charge in [0.05, 0.1) is 33.4 Å². The lowest BCUT2D eigenvalue weighted by atomic mass is 10.1. The second-order valence-corrected chi connectivity index (χ2v) is 18.7. The van der Waals surface area contributed by atoms with Gasteiger partial charge >= 0.3 is 0 Å². The molecular weight excluding hydrogens is 865 g/mol. The maximum Gasteiger partial charge on any atom is 0.295 e. The summed E-state index contributed by atoms with van der Waals surface area (Å²) in [7, 11) is -18.8. The Kier molecular flexibility index (Phi) is 12.6. The molecule has 0 atom stereocenters. The van der Waals surface area contributed by atoms with E-state index in [0.717, 1.165) is 18.2 Å². The van der Waals surface area contributed by atoms with E-state index in [1.165, 1.54) is 30.3 Å². The van der Waals surface area contributed by atoms with Crippen molar-refractivity contribution in [3.8, 4) is 0 Å². The van der Waals surface area contributed by atoms with Gasteiger partial charge < -0.3 is 5.32 Å². The molecule has 1 heterocycles. The maximum absolute atomic E-state index is 12.5. The summed E-state index contributed by atoms with van der Waals surface area (Å²) >= 11 is 0. The van der Waals surface area contributed by atoms with Crippen LogP contribution in [0, 0.1) is 6.92 Å². The van der Waals surface area contributed by atoms with Gasteiger partial charge in [-0.05, 0) is 72.1 Å². The summed E-state index contributed by atoms with van der Waals surface area (Å²) in [4.78, 5) is 11.4. The molecule has 5 aromatic carbocycles. The van der Waals surface area contributed by atoms with E-state index < -0.39 is 60.9 Å². The summed E-state index contributed by atoms with van der Waals surface area (Å²) in [6.45, 7) is 1.39. The first-order chi connectivity index (χ1) is 28.1. The van der Waals surface area contributed by atoms with Crippen LogP contribution in [0.3, 0.4) is 0 Å². The second-order valence-electron chi connectivity index (χ2n) is 12.9. The molecule has 0 spiro atoms. The molecular formula is C36H32N8O12S4. The average molecular weight is 897 g/mol. The molecule has 24 heteroatoms. The summed E-state index contributed by atoms with van der Waals surface area (Å²) in [5.74, 6) is -0.604. The van der Waals surface area contributed by atoms with Crippen molar-refractivity contribution < 1.29 is 51.9 Å². The van der Waals surface area contributed by atoms with Gasteiger partial charge in [-0.1, -0.05) is 48.5 Å². The van der Waals surface area contributed by atoms with Crippen LogP contribution in [0.15, 0.2) is 132 Å². The highest BCUT2D eigenvalue weighted by molar-refractivity contribution is 7.86. The van der Waals surface area contributed by atoms with Crippen molar-refractivity contribution in [2.75, 3.05) is 17.6 Å². The predicted molar refractivity (Wildman–Crippen MR) is 216 cm³/mol. The second kappa shape index (κ2) is 17.3. The molecule has 0 saturated heterocycles. The zero-order valence-corrected chi connectivity index (χ0v) is 34.2. The van der Waals surface area contributed by atoms with E-state index in [4.69, 9.17) is 0 Å². The largest absolute Gasteiger partial charge is 0.353 e. The third kappa shape index (κ3) is 11.4. The van der Waals surface area contributed by atoms with E-state index in [2.05, 4.69) is 40.7 Å². The fraction of sp³-hybridized carbons (Fsp3) is 0.139. The van der Waals surface area contributed by atoms with Gasteiger partial charge in [0.2, 0.25) is 5.95 Å². The molecule has 0 bridgehead atoms. The fourth-order valence-corrected chi connectivity index (χ4v) is 8.33. The summed E-state index contributed by atoms with van der Waals surface area (Å²) < 4.78 is 135. The van der Waals surface area contributed by atoms with Gasteiger partial charge in [0, 0.05) is 30.2 Å². The third-order valence-corrected chi connectivity index (χ3v) is 11.9. The van der Waals surface area contributed by atoms with E-state index in [1.54, 1.807) is 55.5 Å². The maximum atomic E-state index is 12.5. The van der Waals surface area contributed by atoms with Crippen molar-refractivity contribution in [1.82, 2.24) is 15.0 Å². The fourth-order valence-electron chi connectivity index (χ4n) is 5.81. The molecule has 20 nitrogen and oxygen atoms in total. The molecule has 5 N–H and O–H groups in total. The first kappa shape index (κ1) is 43.6. The van der Waals surface area contributed by atoms with Gasteiger partial charge in [-0.2, -0.15) is 64.1 Å². The number of aromatic nitrogens is 3. The number of hydrogen-bond donors (Lipinski definition) is 5. The Hall–Kier alpha value is -5.99. The summed E-state index contributed by atoms with van der Waals surface area (Å²) in [6, 6.07) is 23.3. The van der Waals surface area contributed by atoms with Crippen LogP contribution in [-0.2, 0) is 53.3 Å². The average Bonchev–Trinajstić information content (AvgIpc) is 3.15. The SMILES string of the molecule is Cc1cc(Cc2nc(Cc3ccc(N=Nc4ccccc4)cc3S(=O)(=O)O)nc(NCCS(=O)(=O)O)n2)ccc1N=Nc1cc(S(=O)(=O)O)c2cccc(S(=O)(=O)O)c2c1. The van der Waals surface area contributed by atoms with Crippen molar-refractivity contribution in [1.29, 1.82) is 0 Å². The molecule has 1 aromatic heterocycles. The number of azo groups is 2. The summed E-state index contributed by atoms with van der Waals surface area (Å²) in [5.41, 5.74) is 2.03. The molecule has 60 heavy (non-hydrogen) atoms. The highest BCUT2D eigenvalue weighted by atomic mass is 32.2. The van der Waals surface area contributed by atoms with Crippen molar-refractivity contribution in [2.24, 2.45) is 20.5 Å². The van der Waals surface area contributed by atoms with Crippen LogP contribution >= 0.6 is 0 Å². The van der Waals surface area contributed by atoms with E-state index in [0.29, 0.717) is 22.5 Å². The number of anilines is 1. The number of rotatable bonds is 15. The lowest BCUT2D eigenvalue weighted by Gasteiger charge is -2.11. The number of benzene rings is 5. The number of nitrogens with one attached hydrogen (secondary N) is 1. The number of hydrogen-bond acceptors (Lipinski definition) is 16. The number of nitrogens with zero attached hydrogens (tertiary/aromatic N) is 7. The summed E-state index contributed by atoms with van der Waals surface area (Å²) in [6.07, 6.45) is -0.197. The molecule has 0 amide bonds. The minimum atomic E-state index is -4.88. The Balaban J connectivity index is 1.30. The summed E-state index contributed by atoms with van der Waals surface area (Å²) in [5, 5.41) is 18.7. The normalized spacial score (nSPS) is 12.8. The van der Waals surface area contributed by atoms with E-state index in [9.17, 15) is 51.9 Å². The van der Waals surface area contributed by atoms with Crippen LogP contribution in [0.1, 0.15) is 28.3 Å². The van der Waals surface area contributed by atoms with Gasteiger partial charge in [-0.3, -0.25) is 18.2 Å². The number of fused-ring (bicyclic) bond motifs is 1. The Morgan fingerprint density at radius 2 is 1.18 bits per heavy atom. The Labute approximate surface area is 343 Å². The minimum absolute atomic E-state index is 0.0249. The van der Waals surface area contributed by atoms with Crippen LogP contribution in [0.25, 0.3) is 10.8 Å². The van der Waals surface area contributed by atoms with Gasteiger partial charge in [0.25, 0.3) is 40.5 Å². The molecule has 0 aliphatic carbocycles. The van der Waals surface area contributed by atoms with Crippen LogP contribution in [0.5, 0.6) is 0 Å². The van der Waals surface area contributed by atoms with Gasteiger partial charge in [-0.15, -0.1) is 0 Å². The first-order valence-corrected chi connectivity index (χ1v) is 23.1. The van der Waals surface area contributed by atoms with Gasteiger partial charge in [0.15, 0.2) is 0 Å². The Bertz CT molecular complexity index is 3150. The zero-order valence-electron chi connectivity index (χ0n) is 30.9. The van der Waals surface area contributed by atoms with Crippen LogP contribution in [0.2, 0.25) is 0 Å². The highest BCUT2D eigenvalue weighted by Gasteiger charge is 2.22. The monoisotopic (exact) mass is 896 g/mol. The third-order valence-electron chi connectivity index (χ3n) is 8.44. The van der Waals surface area contributed by atoms with E-state index >= 15 is 0 Å². The smallest absolute Gasteiger partial charge is 0.295 e. The molecule has 6 rings (SSSR count). The van der Waals surface area contributed by atoms with Crippen molar-refractivity contribution in [3.05, 3.63) is 125 Å². The molecule has 0 radical (unpaired) electrons. The molecule has 312 valence electrons. The molecule has 6 aromatic rings. The molecule has 0 aliphatic heterocycles. The Morgan fingerprint density at radius 3 is 1.83 bits per heavy atom. The van der Waals surface area contributed by atoms with Crippen molar-refractivity contribution >= 4 is 79.9 Å². The standard InChI is InChI=1S/C36H32N8O12S4/c1-22-16-23(10-13-30(22)44-43-27-19-29-28(33(21-27)60(54,55)56)8-5-9-31(29)58(48,49)50)17-34-38-35(40-36(39-34)37-14-15-57(45,46)47)18-24-11-12-26(20-32(24)59(51,52)53)42-41-25-6-3-2-4-7-25/h2-13,16,19-21H,14-15,17-18H2,1H3,(H,45,46,47)(H,48,49,50)(H,51,52,53)(H,54,55,56)(H,37,38,39,40). The first-order valence-electron chi connectivity index (χ1n) is 17.2. The van der Waals surface area contributed by atoms with Crippen LogP contribution in [-0.4, -0.2) is 79.1 Å². The zero-order chi connectivity index (χ0) is 43.5. The lowest BCUT2D eigenvalue weighted by Crippen LogP contribution is -2.18. The molecule has 0 unspecified atom stereocenters. The quantitative estimate of drug-likeness (QED) is 0.0551. The molecule has 0 fully saturated rings. The number of aryl methyl sites for hydroxylation is 1. The Morgan fingerprint density at radius 1 is 0.550 bits per heavy atom. The lowest BCUT2D eigenvalue weighted by molar-refractivity contribution is 0.480. The van der Waals surface area contributed by atoms with Crippen LogP contribution < -0.4 is 5.32 Å². The van der Waals surface area contributed by atoms with Crippen LogP contribution in [0.4, 0.5) is 28.7 Å². The van der Waals surface area contributed by atoms with E-state index in [1.807, 2.05) is 0 Å². The van der Waals surface area contributed by atoms with Crippen molar-refractivity contribution in [2.45, 2.75) is 34.5 Å².